The molecule has 0 amide bonds. The predicted molar refractivity (Wildman–Crippen MR) is 78.9 cm³/mol. The molecule has 0 radical (unpaired) electrons. The van der Waals surface area contributed by atoms with Gasteiger partial charge in [-0.3, -0.25) is 0 Å². The first-order valence-electron chi connectivity index (χ1n) is 7.04. The lowest BCUT2D eigenvalue weighted by atomic mass is 10.1. The number of aryl methyl sites for hydroxylation is 1. The van der Waals surface area contributed by atoms with Crippen LogP contribution in [0.25, 0.3) is 0 Å². The van der Waals surface area contributed by atoms with Gasteiger partial charge in [-0.25, -0.2) is 0 Å². The minimum absolute atomic E-state index is 0.411. The number of hydrogen-bond donors (Lipinski definition) is 1. The molecule has 0 saturated heterocycles. The van der Waals surface area contributed by atoms with Gasteiger partial charge < -0.3 is 14.6 Å². The maximum atomic E-state index is 5.66. The number of hydrogen-bond acceptors (Lipinski definition) is 4. The Labute approximate surface area is 120 Å². The van der Waals surface area contributed by atoms with Crippen molar-refractivity contribution in [3.8, 4) is 5.75 Å². The summed E-state index contributed by atoms with van der Waals surface area (Å²) in [6.45, 7) is 7.62. The first kappa shape index (κ1) is 14.6. The molecule has 20 heavy (non-hydrogen) atoms. The van der Waals surface area contributed by atoms with Gasteiger partial charge in [-0.1, -0.05) is 24.2 Å². The molecule has 0 bridgehead atoms. The van der Waals surface area contributed by atoms with Crippen molar-refractivity contribution in [2.75, 3.05) is 6.54 Å². The van der Waals surface area contributed by atoms with E-state index in [1.807, 2.05) is 25.1 Å². The monoisotopic (exact) mass is 274 g/mol. The fourth-order valence-electron chi connectivity index (χ4n) is 2.13. The zero-order valence-corrected chi connectivity index (χ0v) is 12.3. The summed E-state index contributed by atoms with van der Waals surface area (Å²) in [6.07, 6.45) is 1.02. The van der Waals surface area contributed by atoms with Crippen LogP contribution in [0.2, 0.25) is 0 Å². The van der Waals surface area contributed by atoms with E-state index in [9.17, 15) is 0 Å². The second-order valence-corrected chi connectivity index (χ2v) is 5.03. The highest BCUT2D eigenvalue weighted by atomic mass is 16.5. The summed E-state index contributed by atoms with van der Waals surface area (Å²) in [5, 5.41) is 7.24. The van der Waals surface area contributed by atoms with Gasteiger partial charge in [0.15, 0.2) is 5.76 Å². The highest BCUT2D eigenvalue weighted by Gasteiger charge is 2.04. The van der Waals surface area contributed by atoms with E-state index in [1.165, 1.54) is 5.56 Å². The predicted octanol–water partition coefficient (Wildman–Crippen LogP) is 3.10. The molecule has 0 aliphatic rings. The Kier molecular flexibility index (Phi) is 5.18. The molecule has 1 N–H and O–H groups in total. The lowest BCUT2D eigenvalue weighted by Gasteiger charge is -2.12. The van der Waals surface area contributed by atoms with Crippen LogP contribution in [0.4, 0.5) is 0 Å². The van der Waals surface area contributed by atoms with E-state index in [0.29, 0.717) is 12.6 Å². The third-order valence-corrected chi connectivity index (χ3v) is 3.08. The molecular formula is C16H22N2O2. The quantitative estimate of drug-likeness (QED) is 0.842. The number of aromatic nitrogens is 1. The third-order valence-electron chi connectivity index (χ3n) is 3.08. The largest absolute Gasteiger partial charge is 0.486 e. The minimum atomic E-state index is 0.411. The smallest absolute Gasteiger partial charge is 0.174 e. The molecule has 2 aromatic rings. The van der Waals surface area contributed by atoms with Crippen LogP contribution in [0.15, 0.2) is 34.9 Å². The molecule has 2 rings (SSSR count). The van der Waals surface area contributed by atoms with Crippen molar-refractivity contribution >= 4 is 0 Å². The molecule has 0 fully saturated rings. The maximum absolute atomic E-state index is 5.66. The van der Waals surface area contributed by atoms with Crippen LogP contribution in [0.3, 0.4) is 0 Å². The van der Waals surface area contributed by atoms with Crippen molar-refractivity contribution in [3.05, 3.63) is 47.3 Å². The maximum Gasteiger partial charge on any atom is 0.174 e. The molecule has 1 heterocycles. The lowest BCUT2D eigenvalue weighted by Crippen LogP contribution is -2.27. The molecule has 0 aliphatic carbocycles. The van der Waals surface area contributed by atoms with Crippen molar-refractivity contribution < 1.29 is 9.26 Å². The summed E-state index contributed by atoms with van der Waals surface area (Å²) in [7, 11) is 0. The van der Waals surface area contributed by atoms with Gasteiger partial charge >= 0.3 is 0 Å². The SMILES string of the molecule is CCNC(C)Cc1ccc(OCc2cc(C)no2)cc1. The fourth-order valence-corrected chi connectivity index (χ4v) is 2.13. The van der Waals surface area contributed by atoms with Crippen LogP contribution in [-0.4, -0.2) is 17.7 Å². The summed E-state index contributed by atoms with van der Waals surface area (Å²) in [5.74, 6) is 1.59. The summed E-state index contributed by atoms with van der Waals surface area (Å²) in [4.78, 5) is 0. The Bertz CT molecular complexity index is 520. The van der Waals surface area contributed by atoms with Crippen LogP contribution < -0.4 is 10.1 Å². The number of nitrogens with one attached hydrogen (secondary N) is 1. The standard InChI is InChI=1S/C16H22N2O2/c1-4-17-12(2)9-14-5-7-15(8-6-14)19-11-16-10-13(3)18-20-16/h5-8,10,12,17H,4,9,11H2,1-3H3. The van der Waals surface area contributed by atoms with Gasteiger partial charge in [0.1, 0.15) is 12.4 Å². The van der Waals surface area contributed by atoms with Gasteiger partial charge in [-0.15, -0.1) is 0 Å². The zero-order chi connectivity index (χ0) is 14.4. The number of likely N-dealkylation sites (N-methyl/N-ethyl adjacent to an activating group) is 1. The highest BCUT2D eigenvalue weighted by Crippen LogP contribution is 2.15. The molecular weight excluding hydrogens is 252 g/mol. The van der Waals surface area contributed by atoms with E-state index >= 15 is 0 Å². The Balaban J connectivity index is 1.85. The summed E-state index contributed by atoms with van der Waals surface area (Å²) < 4.78 is 10.8. The molecule has 1 aromatic heterocycles. The van der Waals surface area contributed by atoms with Crippen LogP contribution in [0.1, 0.15) is 30.9 Å². The van der Waals surface area contributed by atoms with Gasteiger partial charge in [0.25, 0.3) is 0 Å². The first-order chi connectivity index (χ1) is 9.67. The molecule has 0 aliphatic heterocycles. The molecule has 0 saturated carbocycles. The molecule has 108 valence electrons. The van der Waals surface area contributed by atoms with Crippen LogP contribution in [0.5, 0.6) is 5.75 Å². The van der Waals surface area contributed by atoms with Crippen molar-refractivity contribution in [3.63, 3.8) is 0 Å². The zero-order valence-electron chi connectivity index (χ0n) is 12.3. The van der Waals surface area contributed by atoms with E-state index < -0.39 is 0 Å². The average Bonchev–Trinajstić information content (AvgIpc) is 2.84. The lowest BCUT2D eigenvalue weighted by molar-refractivity contribution is 0.248. The molecule has 1 atom stereocenters. The Morgan fingerprint density at radius 1 is 1.30 bits per heavy atom. The number of nitrogens with zero attached hydrogens (tertiary/aromatic N) is 1. The summed E-state index contributed by atoms with van der Waals surface area (Å²) in [6, 6.07) is 10.6. The van der Waals surface area contributed by atoms with Crippen LogP contribution in [-0.2, 0) is 13.0 Å². The topological polar surface area (TPSA) is 47.3 Å². The van der Waals surface area contributed by atoms with Crippen LogP contribution >= 0.6 is 0 Å². The van der Waals surface area contributed by atoms with E-state index in [4.69, 9.17) is 9.26 Å². The molecule has 1 aromatic carbocycles. The van der Waals surface area contributed by atoms with Gasteiger partial charge in [0, 0.05) is 12.1 Å². The van der Waals surface area contributed by atoms with E-state index in [-0.39, 0.29) is 0 Å². The molecule has 4 heteroatoms. The normalized spacial score (nSPS) is 12.3. The van der Waals surface area contributed by atoms with Crippen molar-refractivity contribution in [2.24, 2.45) is 0 Å². The third kappa shape index (κ3) is 4.38. The number of ether oxygens (including phenoxy) is 1. The Morgan fingerprint density at radius 2 is 2.05 bits per heavy atom. The Morgan fingerprint density at radius 3 is 2.65 bits per heavy atom. The fraction of sp³-hybridized carbons (Fsp3) is 0.438. The minimum Gasteiger partial charge on any atom is -0.486 e. The summed E-state index contributed by atoms with van der Waals surface area (Å²) >= 11 is 0. The van der Waals surface area contributed by atoms with Crippen LogP contribution in [0, 0.1) is 6.92 Å². The molecule has 4 nitrogen and oxygen atoms in total. The average molecular weight is 274 g/mol. The van der Waals surface area contributed by atoms with Gasteiger partial charge in [-0.05, 0) is 44.5 Å². The number of benzene rings is 1. The second kappa shape index (κ2) is 7.10. The van der Waals surface area contributed by atoms with Gasteiger partial charge in [0.05, 0.1) is 5.69 Å². The molecule has 1 unspecified atom stereocenters. The summed E-state index contributed by atoms with van der Waals surface area (Å²) in [5.41, 5.74) is 2.18. The Hall–Kier alpha value is -1.81. The van der Waals surface area contributed by atoms with E-state index in [1.54, 1.807) is 0 Å². The molecule has 0 spiro atoms. The van der Waals surface area contributed by atoms with Crippen molar-refractivity contribution in [1.82, 2.24) is 10.5 Å². The number of rotatable bonds is 7. The first-order valence-corrected chi connectivity index (χ1v) is 7.04. The van der Waals surface area contributed by atoms with E-state index in [0.717, 1.165) is 30.2 Å². The van der Waals surface area contributed by atoms with Crippen molar-refractivity contribution in [1.29, 1.82) is 0 Å². The second-order valence-electron chi connectivity index (χ2n) is 5.03. The van der Waals surface area contributed by atoms with Crippen molar-refractivity contribution in [2.45, 2.75) is 39.8 Å². The van der Waals surface area contributed by atoms with Gasteiger partial charge in [-0.2, -0.15) is 0 Å². The van der Waals surface area contributed by atoms with E-state index in [2.05, 4.69) is 36.5 Å². The highest BCUT2D eigenvalue weighted by molar-refractivity contribution is 5.27. The van der Waals surface area contributed by atoms with Gasteiger partial charge in [0.2, 0.25) is 0 Å².